The maximum absolute atomic E-state index is 9.70. The Morgan fingerprint density at radius 2 is 1.04 bits per heavy atom. The lowest BCUT2D eigenvalue weighted by Crippen LogP contribution is -2.33. The van der Waals surface area contributed by atoms with Gasteiger partial charge in [0.15, 0.2) is 0 Å². The van der Waals surface area contributed by atoms with Gasteiger partial charge in [0.2, 0.25) is 0 Å². The molecule has 0 aliphatic rings. The summed E-state index contributed by atoms with van der Waals surface area (Å²) in [5.41, 5.74) is 0. The van der Waals surface area contributed by atoms with Gasteiger partial charge in [-0.15, -0.1) is 0 Å². The van der Waals surface area contributed by atoms with Crippen molar-refractivity contribution >= 4 is 23.2 Å². The molecule has 0 spiro atoms. The van der Waals surface area contributed by atoms with Gasteiger partial charge >= 0.3 is 0 Å². The first-order valence-corrected chi connectivity index (χ1v) is 11.6. The maximum Gasteiger partial charge on any atom is 0.112 e. The van der Waals surface area contributed by atoms with Crippen LogP contribution in [0.4, 0.5) is 0 Å². The minimum Gasteiger partial charge on any atom is -0.394 e. The zero-order valence-corrected chi connectivity index (χ0v) is 16.5. The summed E-state index contributed by atoms with van der Waals surface area (Å²) in [6.07, 6.45) is 3.03. The fourth-order valence-electron chi connectivity index (χ4n) is 3.70. The van der Waals surface area contributed by atoms with Crippen molar-refractivity contribution in [1.82, 2.24) is 0 Å². The molecule has 2 N–H and O–H groups in total. The van der Waals surface area contributed by atoms with Gasteiger partial charge in [0.05, 0.1) is 18.9 Å². The third kappa shape index (κ3) is 4.65. The Bertz CT molecular complexity index is 694. The molecule has 0 amide bonds. The molecule has 1 unspecified atom stereocenters. The Hall–Kier alpha value is -1.99. The van der Waals surface area contributed by atoms with Gasteiger partial charge in [-0.1, -0.05) is 54.6 Å². The molecule has 0 saturated heterocycles. The molecule has 0 aliphatic heterocycles. The van der Waals surface area contributed by atoms with E-state index >= 15 is 0 Å². The SMILES string of the molecule is OCC(O)CCCC[P+](c1ccccc1)(c1ccccc1)c1ccccc1. The van der Waals surface area contributed by atoms with Crippen molar-refractivity contribution in [2.24, 2.45) is 0 Å². The predicted molar refractivity (Wildman–Crippen MR) is 117 cm³/mol. The first kappa shape index (κ1) is 19.8. The van der Waals surface area contributed by atoms with Crippen LogP contribution < -0.4 is 15.9 Å². The summed E-state index contributed by atoms with van der Waals surface area (Å²) in [6, 6.07) is 32.6. The number of hydrogen-bond acceptors (Lipinski definition) is 2. The number of benzene rings is 3. The van der Waals surface area contributed by atoms with Gasteiger partial charge in [-0.3, -0.25) is 0 Å². The average Bonchev–Trinajstić information content (AvgIpc) is 2.75. The van der Waals surface area contributed by atoms with Crippen LogP contribution in [0.2, 0.25) is 0 Å². The lowest BCUT2D eigenvalue weighted by molar-refractivity contribution is 0.0865. The summed E-state index contributed by atoms with van der Waals surface area (Å²) in [7, 11) is -1.77. The summed E-state index contributed by atoms with van der Waals surface area (Å²) in [5, 5.41) is 23.0. The lowest BCUT2D eigenvalue weighted by Gasteiger charge is -2.27. The molecule has 3 rings (SSSR count). The molecule has 0 aliphatic carbocycles. The summed E-state index contributed by atoms with van der Waals surface area (Å²) in [5.74, 6) is 0. The molecule has 3 aromatic rings. The topological polar surface area (TPSA) is 40.5 Å². The maximum atomic E-state index is 9.70. The van der Waals surface area contributed by atoms with Crippen LogP contribution in [0.25, 0.3) is 0 Å². The highest BCUT2D eigenvalue weighted by atomic mass is 31.2. The minimum absolute atomic E-state index is 0.156. The molecule has 0 saturated carbocycles. The van der Waals surface area contributed by atoms with Crippen molar-refractivity contribution in [1.29, 1.82) is 0 Å². The summed E-state index contributed by atoms with van der Waals surface area (Å²) < 4.78 is 0. The molecule has 140 valence electrons. The fraction of sp³-hybridized carbons (Fsp3) is 0.250. The number of hydrogen-bond donors (Lipinski definition) is 2. The van der Waals surface area contributed by atoms with E-state index in [1.54, 1.807) is 0 Å². The Morgan fingerprint density at radius 3 is 1.41 bits per heavy atom. The van der Waals surface area contributed by atoms with E-state index in [1.165, 1.54) is 15.9 Å². The van der Waals surface area contributed by atoms with E-state index in [1.807, 2.05) is 0 Å². The second-order valence-corrected chi connectivity index (χ2v) is 10.5. The number of aliphatic hydroxyl groups excluding tert-OH is 2. The molecular formula is C24H28O2P+. The van der Waals surface area contributed by atoms with Gasteiger partial charge < -0.3 is 10.2 Å². The zero-order chi connectivity index (χ0) is 19.0. The molecule has 3 heteroatoms. The van der Waals surface area contributed by atoms with Crippen molar-refractivity contribution in [3.63, 3.8) is 0 Å². The van der Waals surface area contributed by atoms with Gasteiger partial charge in [-0.05, 0) is 55.7 Å². The highest BCUT2D eigenvalue weighted by Gasteiger charge is 2.44. The second-order valence-electron chi connectivity index (χ2n) is 6.87. The van der Waals surface area contributed by atoms with Gasteiger partial charge in [-0.2, -0.15) is 0 Å². The van der Waals surface area contributed by atoms with Gasteiger partial charge in [0.1, 0.15) is 23.2 Å². The Kier molecular flexibility index (Phi) is 7.18. The van der Waals surface area contributed by atoms with E-state index < -0.39 is 13.4 Å². The van der Waals surface area contributed by atoms with Crippen molar-refractivity contribution in [3.05, 3.63) is 91.0 Å². The highest BCUT2D eigenvalue weighted by molar-refractivity contribution is 7.95. The van der Waals surface area contributed by atoms with Gasteiger partial charge in [-0.25, -0.2) is 0 Å². The molecule has 3 aromatic carbocycles. The quantitative estimate of drug-likeness (QED) is 0.441. The largest absolute Gasteiger partial charge is 0.394 e. The van der Waals surface area contributed by atoms with E-state index in [9.17, 15) is 5.11 Å². The average molecular weight is 379 g/mol. The normalized spacial score (nSPS) is 12.7. The molecule has 0 aromatic heterocycles. The molecule has 0 bridgehead atoms. The Morgan fingerprint density at radius 1 is 0.630 bits per heavy atom. The van der Waals surface area contributed by atoms with Crippen LogP contribution in [0.15, 0.2) is 91.0 Å². The van der Waals surface area contributed by atoms with Gasteiger partial charge in [0, 0.05) is 0 Å². The van der Waals surface area contributed by atoms with Crippen LogP contribution in [-0.4, -0.2) is 29.1 Å². The highest BCUT2D eigenvalue weighted by Crippen LogP contribution is 2.55. The van der Waals surface area contributed by atoms with Crippen LogP contribution >= 0.6 is 7.26 Å². The summed E-state index contributed by atoms with van der Waals surface area (Å²) in [4.78, 5) is 0. The number of unbranched alkanes of at least 4 members (excludes halogenated alkanes) is 1. The van der Waals surface area contributed by atoms with Crippen LogP contribution in [0.5, 0.6) is 0 Å². The first-order chi connectivity index (χ1) is 13.3. The smallest absolute Gasteiger partial charge is 0.112 e. The lowest BCUT2D eigenvalue weighted by atomic mass is 10.2. The first-order valence-electron chi connectivity index (χ1n) is 9.61. The van der Waals surface area contributed by atoms with E-state index in [2.05, 4.69) is 91.0 Å². The standard InChI is InChI=1S/C24H28O2P/c25-20-21(26)12-10-11-19-27(22-13-4-1-5-14-22,23-15-6-2-7-16-23)24-17-8-3-9-18-24/h1-9,13-18,21,25-26H,10-12,19-20H2/q+1. The Labute approximate surface area is 162 Å². The van der Waals surface area contributed by atoms with E-state index in [-0.39, 0.29) is 6.61 Å². The van der Waals surface area contributed by atoms with Crippen molar-refractivity contribution in [2.45, 2.75) is 25.4 Å². The van der Waals surface area contributed by atoms with Crippen molar-refractivity contribution in [2.75, 3.05) is 12.8 Å². The molecule has 0 radical (unpaired) electrons. The van der Waals surface area contributed by atoms with Crippen molar-refractivity contribution in [3.8, 4) is 0 Å². The van der Waals surface area contributed by atoms with Crippen LogP contribution in [0.3, 0.4) is 0 Å². The van der Waals surface area contributed by atoms with E-state index in [4.69, 9.17) is 5.11 Å². The third-order valence-electron chi connectivity index (χ3n) is 5.08. The van der Waals surface area contributed by atoms with Gasteiger partial charge in [0.25, 0.3) is 0 Å². The third-order valence-corrected chi connectivity index (χ3v) is 9.61. The molecule has 0 heterocycles. The molecular weight excluding hydrogens is 351 g/mol. The molecule has 1 atom stereocenters. The second kappa shape index (κ2) is 9.80. The van der Waals surface area contributed by atoms with E-state index in [0.717, 1.165) is 19.0 Å². The summed E-state index contributed by atoms with van der Waals surface area (Å²) >= 11 is 0. The van der Waals surface area contributed by atoms with Crippen LogP contribution in [0.1, 0.15) is 19.3 Å². The predicted octanol–water partition coefficient (Wildman–Crippen LogP) is 3.50. The monoisotopic (exact) mass is 379 g/mol. The number of aliphatic hydroxyl groups is 2. The van der Waals surface area contributed by atoms with Crippen LogP contribution in [-0.2, 0) is 0 Å². The van der Waals surface area contributed by atoms with Crippen molar-refractivity contribution < 1.29 is 10.2 Å². The summed E-state index contributed by atoms with van der Waals surface area (Å²) in [6.45, 7) is -0.156. The number of rotatable bonds is 9. The zero-order valence-electron chi connectivity index (χ0n) is 15.6. The fourth-order valence-corrected chi connectivity index (χ4v) is 8.11. The minimum atomic E-state index is -1.77. The molecule has 2 nitrogen and oxygen atoms in total. The molecule has 27 heavy (non-hydrogen) atoms. The molecule has 0 fully saturated rings. The van der Waals surface area contributed by atoms with E-state index in [0.29, 0.717) is 6.42 Å². The van der Waals surface area contributed by atoms with Crippen LogP contribution in [0, 0.1) is 0 Å². The Balaban J connectivity index is 2.03.